The maximum atomic E-state index is 14.5. The molecule has 1 saturated carbocycles. The molecule has 6 atom stereocenters. The topological polar surface area (TPSA) is 95.0 Å². The summed E-state index contributed by atoms with van der Waals surface area (Å²) in [7, 11) is 0. The maximum absolute atomic E-state index is 14.5. The third-order valence-electron chi connectivity index (χ3n) is 10.2. The summed E-state index contributed by atoms with van der Waals surface area (Å²) in [6, 6.07) is 20.1. The normalized spacial score (nSPS) is 29.9. The number of carbonyl (C=O) groups excluding carboxylic acids is 4. The molecular formula is C35H31IN2O5. The van der Waals surface area contributed by atoms with Gasteiger partial charge in [-0.25, -0.2) is 4.90 Å². The van der Waals surface area contributed by atoms with Crippen molar-refractivity contribution in [3.63, 3.8) is 0 Å². The number of nitrogens with zero attached hydrogens (tertiary/aromatic N) is 2. The summed E-state index contributed by atoms with van der Waals surface area (Å²) in [6.45, 7) is 5.53. The standard InChI is InChI=1S/C35H31IN2O5/c1-18-15-20(16-19(2)30(18)39)29-24-13-14-25-28(33(42)37(31(25)40)23-11-9-21(36)10-12-23)26(24)17-27-32(41)38(34(43)35(27,29)3)22-7-5-4-6-8-22/h4-13,15-16,25-29,39H,14,17H2,1-3H3/t25-,26+,27-,28-,29-,35+/m0/s1. The fourth-order valence-corrected chi connectivity index (χ4v) is 8.58. The Bertz CT molecular complexity index is 1730. The first-order valence-corrected chi connectivity index (χ1v) is 15.7. The van der Waals surface area contributed by atoms with Gasteiger partial charge in [0.15, 0.2) is 0 Å². The molecule has 7 rings (SSSR count). The zero-order chi connectivity index (χ0) is 30.4. The van der Waals surface area contributed by atoms with Crippen molar-refractivity contribution in [3.8, 4) is 5.75 Å². The highest BCUT2D eigenvalue weighted by atomic mass is 127. The van der Waals surface area contributed by atoms with E-state index in [0.29, 0.717) is 35.3 Å². The molecule has 8 heteroatoms. The lowest BCUT2D eigenvalue weighted by molar-refractivity contribution is -0.131. The fraction of sp³-hybridized carbons (Fsp3) is 0.314. The van der Waals surface area contributed by atoms with Crippen LogP contribution in [0.1, 0.15) is 42.4 Å². The second-order valence-corrected chi connectivity index (χ2v) is 13.7. The molecule has 218 valence electrons. The van der Waals surface area contributed by atoms with Crippen LogP contribution in [0, 0.1) is 46.5 Å². The zero-order valence-corrected chi connectivity index (χ0v) is 26.2. The number of hydrogen-bond acceptors (Lipinski definition) is 5. The summed E-state index contributed by atoms with van der Waals surface area (Å²) in [5.74, 6) is -3.52. The van der Waals surface area contributed by atoms with Gasteiger partial charge in [-0.05, 0) is 115 Å². The summed E-state index contributed by atoms with van der Waals surface area (Å²) >= 11 is 2.19. The number of carbonyl (C=O) groups is 4. The number of amides is 4. The smallest absolute Gasteiger partial charge is 0.241 e. The van der Waals surface area contributed by atoms with E-state index in [-0.39, 0.29) is 35.3 Å². The molecule has 0 unspecified atom stereocenters. The van der Waals surface area contributed by atoms with Crippen molar-refractivity contribution in [2.24, 2.45) is 29.1 Å². The molecule has 2 saturated heterocycles. The van der Waals surface area contributed by atoms with E-state index in [9.17, 15) is 24.3 Å². The van der Waals surface area contributed by atoms with Gasteiger partial charge in [-0.15, -0.1) is 0 Å². The largest absolute Gasteiger partial charge is 0.507 e. The van der Waals surface area contributed by atoms with Crippen molar-refractivity contribution in [2.45, 2.75) is 39.5 Å². The number of hydrogen-bond donors (Lipinski definition) is 1. The Labute approximate surface area is 263 Å². The monoisotopic (exact) mass is 686 g/mol. The van der Waals surface area contributed by atoms with E-state index in [1.807, 2.05) is 51.1 Å². The first-order chi connectivity index (χ1) is 20.5. The van der Waals surface area contributed by atoms with Gasteiger partial charge < -0.3 is 5.11 Å². The number of para-hydroxylation sites is 1. The molecule has 2 aliphatic heterocycles. The molecule has 4 aliphatic rings. The first-order valence-electron chi connectivity index (χ1n) is 14.6. The molecule has 7 nitrogen and oxygen atoms in total. The van der Waals surface area contributed by atoms with Gasteiger partial charge in [0, 0.05) is 9.49 Å². The quantitative estimate of drug-likeness (QED) is 0.206. The number of fused-ring (bicyclic) bond motifs is 4. The van der Waals surface area contributed by atoms with Crippen LogP contribution >= 0.6 is 22.6 Å². The second kappa shape index (κ2) is 9.87. The number of phenolic OH excluding ortho intramolecular Hbond substituents is 1. The predicted octanol–water partition coefficient (Wildman–Crippen LogP) is 6.05. The average molecular weight is 687 g/mol. The summed E-state index contributed by atoms with van der Waals surface area (Å²) < 4.78 is 1.00. The molecule has 3 fully saturated rings. The van der Waals surface area contributed by atoms with Crippen molar-refractivity contribution in [2.75, 3.05) is 9.80 Å². The molecule has 0 radical (unpaired) electrons. The minimum atomic E-state index is -1.11. The highest BCUT2D eigenvalue weighted by molar-refractivity contribution is 14.1. The third kappa shape index (κ3) is 3.91. The lowest BCUT2D eigenvalue weighted by atomic mass is 9.51. The van der Waals surface area contributed by atoms with Crippen molar-refractivity contribution in [1.29, 1.82) is 0 Å². The maximum Gasteiger partial charge on any atom is 0.241 e. The van der Waals surface area contributed by atoms with E-state index < -0.39 is 29.1 Å². The van der Waals surface area contributed by atoms with Crippen LogP contribution < -0.4 is 9.80 Å². The first kappa shape index (κ1) is 28.0. The van der Waals surface area contributed by atoms with E-state index in [0.717, 1.165) is 14.7 Å². The Hall–Kier alpha value is -3.79. The van der Waals surface area contributed by atoms with Gasteiger partial charge in [0.1, 0.15) is 5.75 Å². The Morgan fingerprint density at radius 3 is 2.09 bits per heavy atom. The SMILES string of the molecule is Cc1cc([C@H]2C3=CC[C@@H]4C(=O)N(c5ccc(I)cc5)C(=O)[C@@H]4[C@@H]3C[C@H]3C(=O)N(c4ccccc4)C(=O)[C@@]23C)cc(C)c1O. The molecule has 0 aromatic heterocycles. The Balaban J connectivity index is 1.38. The minimum Gasteiger partial charge on any atom is -0.507 e. The third-order valence-corrected chi connectivity index (χ3v) is 10.9. The van der Waals surface area contributed by atoms with Gasteiger partial charge in [-0.1, -0.05) is 42.0 Å². The summed E-state index contributed by atoms with van der Waals surface area (Å²) in [5.41, 5.74) is 3.09. The highest BCUT2D eigenvalue weighted by Gasteiger charge is 2.67. The number of aryl methyl sites for hydroxylation is 2. The number of aromatic hydroxyl groups is 1. The predicted molar refractivity (Wildman–Crippen MR) is 170 cm³/mol. The molecule has 0 bridgehead atoms. The van der Waals surface area contributed by atoms with Crippen LogP contribution in [-0.2, 0) is 19.2 Å². The van der Waals surface area contributed by atoms with E-state index in [4.69, 9.17) is 0 Å². The summed E-state index contributed by atoms with van der Waals surface area (Å²) in [4.78, 5) is 59.3. The molecule has 1 N–H and O–H groups in total. The van der Waals surface area contributed by atoms with Gasteiger partial charge in [0.05, 0.1) is 34.5 Å². The lowest BCUT2D eigenvalue weighted by Gasteiger charge is -2.49. The van der Waals surface area contributed by atoms with Crippen LogP contribution in [0.3, 0.4) is 0 Å². The minimum absolute atomic E-state index is 0.194. The van der Waals surface area contributed by atoms with E-state index >= 15 is 0 Å². The van der Waals surface area contributed by atoms with Crippen molar-refractivity contribution in [3.05, 3.63) is 98.6 Å². The van der Waals surface area contributed by atoms with E-state index in [1.165, 1.54) is 9.80 Å². The lowest BCUT2D eigenvalue weighted by Crippen LogP contribution is -2.49. The van der Waals surface area contributed by atoms with Gasteiger partial charge >= 0.3 is 0 Å². The molecule has 2 heterocycles. The van der Waals surface area contributed by atoms with Gasteiger partial charge in [-0.3, -0.25) is 24.1 Å². The number of rotatable bonds is 3. The fourth-order valence-electron chi connectivity index (χ4n) is 8.22. The molecule has 0 spiro atoms. The molecular weight excluding hydrogens is 655 g/mol. The number of imide groups is 2. The Kier molecular flexibility index (Phi) is 6.43. The number of phenols is 1. The second-order valence-electron chi connectivity index (χ2n) is 12.5. The van der Waals surface area contributed by atoms with E-state index in [2.05, 4.69) is 28.7 Å². The van der Waals surface area contributed by atoms with Crippen molar-refractivity contribution in [1.82, 2.24) is 0 Å². The Morgan fingerprint density at radius 2 is 1.44 bits per heavy atom. The van der Waals surface area contributed by atoms with Gasteiger partial charge in [0.2, 0.25) is 23.6 Å². The van der Waals surface area contributed by atoms with Crippen LogP contribution in [0.25, 0.3) is 0 Å². The molecule has 3 aromatic carbocycles. The molecule has 3 aromatic rings. The summed E-state index contributed by atoms with van der Waals surface area (Å²) in [6.07, 6.45) is 2.75. The molecule has 43 heavy (non-hydrogen) atoms. The Morgan fingerprint density at radius 1 is 0.814 bits per heavy atom. The number of anilines is 2. The van der Waals surface area contributed by atoms with E-state index in [1.54, 1.807) is 36.4 Å². The number of halogens is 1. The average Bonchev–Trinajstić information content (AvgIpc) is 3.36. The van der Waals surface area contributed by atoms with Crippen LogP contribution in [0.4, 0.5) is 11.4 Å². The molecule has 4 amide bonds. The van der Waals surface area contributed by atoms with Crippen LogP contribution in [0.2, 0.25) is 0 Å². The number of benzene rings is 3. The van der Waals surface area contributed by atoms with Crippen LogP contribution in [0.15, 0.2) is 78.4 Å². The van der Waals surface area contributed by atoms with Crippen LogP contribution in [0.5, 0.6) is 5.75 Å². The summed E-state index contributed by atoms with van der Waals surface area (Å²) in [5, 5.41) is 10.6. The zero-order valence-electron chi connectivity index (χ0n) is 24.1. The van der Waals surface area contributed by atoms with Crippen LogP contribution in [-0.4, -0.2) is 28.7 Å². The van der Waals surface area contributed by atoms with Gasteiger partial charge in [0.25, 0.3) is 0 Å². The highest BCUT2D eigenvalue weighted by Crippen LogP contribution is 2.64. The van der Waals surface area contributed by atoms with Gasteiger partial charge in [-0.2, -0.15) is 0 Å². The van der Waals surface area contributed by atoms with Crippen molar-refractivity contribution < 1.29 is 24.3 Å². The number of allylic oxidation sites excluding steroid dienone is 2. The molecule has 2 aliphatic carbocycles. The van der Waals surface area contributed by atoms with Crippen molar-refractivity contribution >= 4 is 57.6 Å².